The highest BCUT2D eigenvalue weighted by atomic mass is 16.5. The quantitative estimate of drug-likeness (QED) is 0.580. The van der Waals surface area contributed by atoms with E-state index in [9.17, 15) is 14.4 Å². The van der Waals surface area contributed by atoms with Crippen molar-refractivity contribution >= 4 is 17.7 Å². The van der Waals surface area contributed by atoms with E-state index in [1.807, 2.05) is 0 Å². The van der Waals surface area contributed by atoms with Gasteiger partial charge in [0.05, 0.1) is 25.7 Å². The molecule has 0 saturated carbocycles. The molecule has 0 aliphatic rings. The van der Waals surface area contributed by atoms with Gasteiger partial charge in [-0.15, -0.1) is 0 Å². The highest BCUT2D eigenvalue weighted by molar-refractivity contribution is 5.98. The number of Topliss-reactive ketones (excluding diaryl/α,β-unsaturated/α-hetero) is 1. The number of rotatable bonds is 6. The molecule has 0 N–H and O–H groups in total. The molecule has 0 fully saturated rings. The van der Waals surface area contributed by atoms with E-state index in [0.717, 1.165) is 0 Å². The summed E-state index contributed by atoms with van der Waals surface area (Å²) in [7, 11) is 1.28. The second-order valence-corrected chi connectivity index (χ2v) is 3.80. The molecule has 0 bridgehead atoms. The van der Waals surface area contributed by atoms with Crippen molar-refractivity contribution in [1.29, 1.82) is 0 Å². The molecular formula is C14H16O5. The van der Waals surface area contributed by atoms with Crippen LogP contribution in [0.15, 0.2) is 24.3 Å². The molecular weight excluding hydrogens is 248 g/mol. The molecule has 1 rings (SSSR count). The van der Waals surface area contributed by atoms with Crippen LogP contribution in [0.1, 0.15) is 40.5 Å². The number of hydrogen-bond acceptors (Lipinski definition) is 5. The van der Waals surface area contributed by atoms with Crippen LogP contribution in [0.3, 0.4) is 0 Å². The summed E-state index contributed by atoms with van der Waals surface area (Å²) in [5.74, 6) is -1.01. The van der Waals surface area contributed by atoms with Crippen LogP contribution in [0.25, 0.3) is 0 Å². The van der Waals surface area contributed by atoms with Crippen LogP contribution >= 0.6 is 0 Å². The van der Waals surface area contributed by atoms with Gasteiger partial charge in [-0.1, -0.05) is 12.1 Å². The molecule has 0 saturated heterocycles. The van der Waals surface area contributed by atoms with Crippen LogP contribution < -0.4 is 0 Å². The molecule has 0 aromatic heterocycles. The fourth-order valence-corrected chi connectivity index (χ4v) is 1.47. The first-order valence-electron chi connectivity index (χ1n) is 5.95. The average Bonchev–Trinajstić information content (AvgIpc) is 2.44. The third kappa shape index (κ3) is 4.54. The molecule has 0 aliphatic carbocycles. The fourth-order valence-electron chi connectivity index (χ4n) is 1.47. The average molecular weight is 264 g/mol. The van der Waals surface area contributed by atoms with Crippen molar-refractivity contribution in [2.24, 2.45) is 0 Å². The molecule has 102 valence electrons. The van der Waals surface area contributed by atoms with Gasteiger partial charge < -0.3 is 9.47 Å². The smallest absolute Gasteiger partial charge is 0.338 e. The van der Waals surface area contributed by atoms with Gasteiger partial charge in [0.1, 0.15) is 0 Å². The first kappa shape index (κ1) is 14.9. The Morgan fingerprint density at radius 2 is 1.58 bits per heavy atom. The van der Waals surface area contributed by atoms with Gasteiger partial charge in [0, 0.05) is 12.0 Å². The van der Waals surface area contributed by atoms with Gasteiger partial charge in [-0.25, -0.2) is 4.79 Å². The Hall–Kier alpha value is -2.17. The molecule has 5 heteroatoms. The molecule has 0 radical (unpaired) electrons. The number of hydrogen-bond donors (Lipinski definition) is 0. The number of methoxy groups -OCH3 is 1. The molecule has 1 aromatic rings. The largest absolute Gasteiger partial charge is 0.469 e. The van der Waals surface area contributed by atoms with Crippen LogP contribution in [0, 0.1) is 0 Å². The summed E-state index contributed by atoms with van der Waals surface area (Å²) in [6, 6.07) is 6.16. The van der Waals surface area contributed by atoms with E-state index in [1.54, 1.807) is 19.1 Å². The molecule has 1 aromatic carbocycles. The molecule has 0 aliphatic heterocycles. The summed E-state index contributed by atoms with van der Waals surface area (Å²) in [6.07, 6.45) is 0.139. The summed E-state index contributed by atoms with van der Waals surface area (Å²) in [4.78, 5) is 34.1. The number of esters is 2. The second-order valence-electron chi connectivity index (χ2n) is 3.80. The van der Waals surface area contributed by atoms with Crippen LogP contribution in [-0.2, 0) is 14.3 Å². The molecule has 0 amide bonds. The van der Waals surface area contributed by atoms with Crippen LogP contribution in [0.4, 0.5) is 0 Å². The van der Waals surface area contributed by atoms with Crippen LogP contribution in [0.2, 0.25) is 0 Å². The Labute approximate surface area is 111 Å². The summed E-state index contributed by atoms with van der Waals surface area (Å²) >= 11 is 0. The minimum absolute atomic E-state index is 0.0506. The number of ether oxygens (including phenoxy) is 2. The van der Waals surface area contributed by atoms with Crippen LogP contribution in [-0.4, -0.2) is 31.4 Å². The highest BCUT2D eigenvalue weighted by Crippen LogP contribution is 2.09. The summed E-state index contributed by atoms with van der Waals surface area (Å²) in [6.45, 7) is 2.03. The molecule has 0 unspecified atom stereocenters. The maximum Gasteiger partial charge on any atom is 0.338 e. The van der Waals surface area contributed by atoms with Gasteiger partial charge >= 0.3 is 11.9 Å². The molecule has 0 spiro atoms. The van der Waals surface area contributed by atoms with Crippen molar-refractivity contribution in [3.05, 3.63) is 35.4 Å². The van der Waals surface area contributed by atoms with Gasteiger partial charge in [-0.2, -0.15) is 0 Å². The van der Waals surface area contributed by atoms with Gasteiger partial charge in [0.25, 0.3) is 0 Å². The summed E-state index contributed by atoms with van der Waals surface area (Å²) in [5.41, 5.74) is 0.850. The Bertz CT molecular complexity index is 461. The minimum Gasteiger partial charge on any atom is -0.469 e. The zero-order valence-corrected chi connectivity index (χ0v) is 11.0. The zero-order chi connectivity index (χ0) is 14.3. The number of carbonyl (C=O) groups excluding carboxylic acids is 3. The maximum absolute atomic E-state index is 11.7. The summed E-state index contributed by atoms with van der Waals surface area (Å²) < 4.78 is 9.30. The van der Waals surface area contributed by atoms with E-state index >= 15 is 0 Å². The monoisotopic (exact) mass is 264 g/mol. The highest BCUT2D eigenvalue weighted by Gasteiger charge is 2.11. The Morgan fingerprint density at radius 1 is 1.00 bits per heavy atom. The molecule has 0 atom stereocenters. The van der Waals surface area contributed by atoms with Gasteiger partial charge in [0.2, 0.25) is 0 Å². The molecule has 19 heavy (non-hydrogen) atoms. The van der Waals surface area contributed by atoms with E-state index in [2.05, 4.69) is 4.74 Å². The Balaban J connectivity index is 2.63. The normalized spacial score (nSPS) is 9.79. The lowest BCUT2D eigenvalue weighted by molar-refractivity contribution is -0.140. The SMILES string of the molecule is CCOC(=O)c1ccc(C(=O)CCC(=O)OC)cc1. The maximum atomic E-state index is 11.7. The lowest BCUT2D eigenvalue weighted by Crippen LogP contribution is -2.07. The van der Waals surface area contributed by atoms with E-state index in [1.165, 1.54) is 19.2 Å². The van der Waals surface area contributed by atoms with Crippen molar-refractivity contribution in [3.8, 4) is 0 Å². The van der Waals surface area contributed by atoms with Crippen molar-refractivity contribution in [2.75, 3.05) is 13.7 Å². The molecule has 0 heterocycles. The predicted octanol–water partition coefficient (Wildman–Crippen LogP) is 2.00. The number of ketones is 1. The van der Waals surface area contributed by atoms with Crippen molar-refractivity contribution < 1.29 is 23.9 Å². The Morgan fingerprint density at radius 3 is 2.11 bits per heavy atom. The lowest BCUT2D eigenvalue weighted by atomic mass is 10.0. The lowest BCUT2D eigenvalue weighted by Gasteiger charge is -2.03. The van der Waals surface area contributed by atoms with E-state index in [4.69, 9.17) is 4.74 Å². The standard InChI is InChI=1S/C14H16O5/c1-3-19-14(17)11-6-4-10(5-7-11)12(15)8-9-13(16)18-2/h4-7H,3,8-9H2,1-2H3. The third-order valence-electron chi connectivity index (χ3n) is 2.50. The van der Waals surface area contributed by atoms with E-state index < -0.39 is 11.9 Å². The van der Waals surface area contributed by atoms with Crippen LogP contribution in [0.5, 0.6) is 0 Å². The first-order chi connectivity index (χ1) is 9.08. The van der Waals surface area contributed by atoms with Crippen molar-refractivity contribution in [2.45, 2.75) is 19.8 Å². The van der Waals surface area contributed by atoms with Gasteiger partial charge in [-0.05, 0) is 19.1 Å². The summed E-state index contributed by atoms with van der Waals surface area (Å²) in [5, 5.41) is 0. The van der Waals surface area contributed by atoms with E-state index in [0.29, 0.717) is 17.7 Å². The second kappa shape index (κ2) is 7.31. The van der Waals surface area contributed by atoms with Gasteiger partial charge in [0.15, 0.2) is 5.78 Å². The van der Waals surface area contributed by atoms with E-state index in [-0.39, 0.29) is 18.6 Å². The topological polar surface area (TPSA) is 69.7 Å². The van der Waals surface area contributed by atoms with Crippen molar-refractivity contribution in [1.82, 2.24) is 0 Å². The Kier molecular flexibility index (Phi) is 5.73. The first-order valence-corrected chi connectivity index (χ1v) is 5.95. The third-order valence-corrected chi connectivity index (χ3v) is 2.50. The zero-order valence-electron chi connectivity index (χ0n) is 11.0. The van der Waals surface area contributed by atoms with Gasteiger partial charge in [-0.3, -0.25) is 9.59 Å². The minimum atomic E-state index is -0.420. The number of carbonyl (C=O) groups is 3. The van der Waals surface area contributed by atoms with Crippen molar-refractivity contribution in [3.63, 3.8) is 0 Å². The molecule has 5 nitrogen and oxygen atoms in total. The number of benzene rings is 1. The fraction of sp³-hybridized carbons (Fsp3) is 0.357. The predicted molar refractivity (Wildman–Crippen MR) is 68.0 cm³/mol.